The number of carbonyl (C=O) groups is 1. The molecular formula is C16H25N3O. The number of amides is 1. The third kappa shape index (κ3) is 2.89. The Morgan fingerprint density at radius 2 is 1.90 bits per heavy atom. The average Bonchev–Trinajstić information content (AvgIpc) is 3.09. The van der Waals surface area contributed by atoms with Gasteiger partial charge in [-0.2, -0.15) is 5.10 Å². The van der Waals surface area contributed by atoms with Gasteiger partial charge in [0.05, 0.1) is 12.2 Å². The van der Waals surface area contributed by atoms with Gasteiger partial charge in [-0.05, 0) is 44.4 Å². The van der Waals surface area contributed by atoms with E-state index in [9.17, 15) is 4.79 Å². The van der Waals surface area contributed by atoms with Gasteiger partial charge in [-0.1, -0.05) is 19.8 Å². The summed E-state index contributed by atoms with van der Waals surface area (Å²) in [6.45, 7) is 2.28. The monoisotopic (exact) mass is 275 g/mol. The van der Waals surface area contributed by atoms with Gasteiger partial charge in [0, 0.05) is 12.0 Å². The number of anilines is 1. The van der Waals surface area contributed by atoms with Crippen LogP contribution in [0.25, 0.3) is 0 Å². The van der Waals surface area contributed by atoms with Gasteiger partial charge in [0.25, 0.3) is 0 Å². The fourth-order valence-electron chi connectivity index (χ4n) is 3.60. The predicted octanol–water partition coefficient (Wildman–Crippen LogP) is 3.76. The summed E-state index contributed by atoms with van der Waals surface area (Å²) < 4.78 is 2.02. The zero-order valence-electron chi connectivity index (χ0n) is 12.3. The van der Waals surface area contributed by atoms with Crippen LogP contribution in [0.15, 0.2) is 12.3 Å². The Kier molecular flexibility index (Phi) is 4.08. The Morgan fingerprint density at radius 3 is 2.60 bits per heavy atom. The normalized spacial score (nSPS) is 27.6. The molecule has 2 saturated carbocycles. The minimum atomic E-state index is 0.191. The van der Waals surface area contributed by atoms with E-state index >= 15 is 0 Å². The van der Waals surface area contributed by atoms with Crippen molar-refractivity contribution >= 4 is 11.7 Å². The van der Waals surface area contributed by atoms with Crippen LogP contribution in [-0.2, 0) is 4.79 Å². The zero-order chi connectivity index (χ0) is 13.9. The lowest BCUT2D eigenvalue weighted by atomic mass is 9.82. The molecule has 1 heterocycles. The van der Waals surface area contributed by atoms with Crippen LogP contribution in [-0.4, -0.2) is 15.7 Å². The molecule has 0 saturated heterocycles. The Hall–Kier alpha value is -1.32. The van der Waals surface area contributed by atoms with Crippen molar-refractivity contribution in [1.29, 1.82) is 0 Å². The van der Waals surface area contributed by atoms with Crippen LogP contribution in [0.1, 0.15) is 64.3 Å². The van der Waals surface area contributed by atoms with Crippen LogP contribution in [0, 0.1) is 11.8 Å². The third-order valence-corrected chi connectivity index (χ3v) is 4.98. The molecule has 1 aromatic heterocycles. The first kappa shape index (κ1) is 13.7. The molecule has 0 aliphatic heterocycles. The Balaban J connectivity index is 1.62. The number of nitrogens with one attached hydrogen (secondary N) is 1. The number of carbonyl (C=O) groups excluding carboxylic acids is 1. The molecule has 0 radical (unpaired) electrons. The lowest BCUT2D eigenvalue weighted by Gasteiger charge is -2.25. The van der Waals surface area contributed by atoms with Crippen molar-refractivity contribution < 1.29 is 4.79 Å². The lowest BCUT2D eigenvalue weighted by Crippen LogP contribution is -2.28. The minimum Gasteiger partial charge on any atom is -0.311 e. The van der Waals surface area contributed by atoms with E-state index < -0.39 is 0 Å². The summed E-state index contributed by atoms with van der Waals surface area (Å²) in [6.07, 6.45) is 11.2. The maximum Gasteiger partial charge on any atom is 0.228 e. The number of nitrogens with zero attached hydrogens (tertiary/aromatic N) is 2. The Bertz CT molecular complexity index is 454. The van der Waals surface area contributed by atoms with E-state index in [-0.39, 0.29) is 11.8 Å². The summed E-state index contributed by atoms with van der Waals surface area (Å²) in [6, 6.07) is 2.41. The molecule has 4 nitrogen and oxygen atoms in total. The van der Waals surface area contributed by atoms with Crippen LogP contribution < -0.4 is 5.32 Å². The SMILES string of the molecule is CC1CCC(C(=O)Nc2ccnn2C2CCCC2)CC1. The second-order valence-corrected chi connectivity index (χ2v) is 6.55. The number of hydrogen-bond donors (Lipinski definition) is 1. The lowest BCUT2D eigenvalue weighted by molar-refractivity contribution is -0.121. The smallest absolute Gasteiger partial charge is 0.228 e. The van der Waals surface area contributed by atoms with E-state index in [4.69, 9.17) is 0 Å². The molecule has 1 N–H and O–H groups in total. The average molecular weight is 275 g/mol. The standard InChI is InChI=1S/C16H25N3O/c1-12-6-8-13(9-7-12)16(20)18-15-10-11-17-19(15)14-4-2-3-5-14/h10-14H,2-9H2,1H3,(H,18,20). The van der Waals surface area contributed by atoms with E-state index in [1.54, 1.807) is 6.20 Å². The molecule has 0 bridgehead atoms. The summed E-state index contributed by atoms with van der Waals surface area (Å²) in [5.74, 6) is 2.05. The molecule has 2 aliphatic carbocycles. The van der Waals surface area contributed by atoms with Crippen molar-refractivity contribution in [3.63, 3.8) is 0 Å². The van der Waals surface area contributed by atoms with Crippen LogP contribution in [0.4, 0.5) is 5.82 Å². The van der Waals surface area contributed by atoms with E-state index in [0.29, 0.717) is 6.04 Å². The number of hydrogen-bond acceptors (Lipinski definition) is 2. The van der Waals surface area contributed by atoms with Crippen LogP contribution in [0.5, 0.6) is 0 Å². The molecule has 1 amide bonds. The topological polar surface area (TPSA) is 46.9 Å². The van der Waals surface area contributed by atoms with Gasteiger partial charge in [-0.3, -0.25) is 4.79 Å². The molecule has 2 fully saturated rings. The van der Waals surface area contributed by atoms with Crippen LogP contribution in [0.2, 0.25) is 0 Å². The molecule has 0 atom stereocenters. The van der Waals surface area contributed by atoms with Gasteiger partial charge in [-0.25, -0.2) is 4.68 Å². The second kappa shape index (κ2) is 5.98. The fraction of sp³-hybridized carbons (Fsp3) is 0.750. The van der Waals surface area contributed by atoms with Crippen molar-refractivity contribution in [3.8, 4) is 0 Å². The molecule has 0 aromatic carbocycles. The quantitative estimate of drug-likeness (QED) is 0.913. The highest BCUT2D eigenvalue weighted by atomic mass is 16.2. The first-order chi connectivity index (χ1) is 9.74. The van der Waals surface area contributed by atoms with Gasteiger partial charge in [0.2, 0.25) is 5.91 Å². The van der Waals surface area contributed by atoms with Crippen molar-refractivity contribution in [2.45, 2.75) is 64.3 Å². The summed E-state index contributed by atoms with van der Waals surface area (Å²) in [4.78, 5) is 12.4. The maximum absolute atomic E-state index is 12.4. The van der Waals surface area contributed by atoms with E-state index in [2.05, 4.69) is 17.3 Å². The Labute approximate surface area is 120 Å². The molecule has 4 heteroatoms. The number of rotatable bonds is 3. The summed E-state index contributed by atoms with van der Waals surface area (Å²) in [7, 11) is 0. The molecule has 110 valence electrons. The summed E-state index contributed by atoms with van der Waals surface area (Å²) in [5.41, 5.74) is 0. The van der Waals surface area contributed by atoms with Gasteiger partial charge in [0.15, 0.2) is 0 Å². The van der Waals surface area contributed by atoms with Crippen LogP contribution in [0.3, 0.4) is 0 Å². The van der Waals surface area contributed by atoms with Gasteiger partial charge >= 0.3 is 0 Å². The van der Waals surface area contributed by atoms with E-state index in [1.807, 2.05) is 10.7 Å². The van der Waals surface area contributed by atoms with Gasteiger partial charge < -0.3 is 5.32 Å². The second-order valence-electron chi connectivity index (χ2n) is 6.55. The highest BCUT2D eigenvalue weighted by molar-refractivity contribution is 5.91. The van der Waals surface area contributed by atoms with Crippen molar-refractivity contribution in [1.82, 2.24) is 9.78 Å². The predicted molar refractivity (Wildman–Crippen MR) is 79.5 cm³/mol. The molecule has 0 spiro atoms. The molecule has 3 rings (SSSR count). The third-order valence-electron chi connectivity index (χ3n) is 4.98. The minimum absolute atomic E-state index is 0.191. The van der Waals surface area contributed by atoms with Crippen molar-refractivity contribution in [2.75, 3.05) is 5.32 Å². The highest BCUT2D eigenvalue weighted by Crippen LogP contribution is 2.32. The van der Waals surface area contributed by atoms with Gasteiger partial charge in [-0.15, -0.1) is 0 Å². The number of aromatic nitrogens is 2. The van der Waals surface area contributed by atoms with Crippen molar-refractivity contribution in [3.05, 3.63) is 12.3 Å². The molecule has 1 aromatic rings. The fourth-order valence-corrected chi connectivity index (χ4v) is 3.60. The maximum atomic E-state index is 12.4. The van der Waals surface area contributed by atoms with Crippen molar-refractivity contribution in [2.24, 2.45) is 11.8 Å². The van der Waals surface area contributed by atoms with E-state index in [1.165, 1.54) is 38.5 Å². The summed E-state index contributed by atoms with van der Waals surface area (Å²) in [5, 5.41) is 7.52. The largest absolute Gasteiger partial charge is 0.311 e. The zero-order valence-corrected chi connectivity index (χ0v) is 12.3. The highest BCUT2D eigenvalue weighted by Gasteiger charge is 2.26. The van der Waals surface area contributed by atoms with E-state index in [0.717, 1.165) is 24.6 Å². The van der Waals surface area contributed by atoms with Gasteiger partial charge in [0.1, 0.15) is 5.82 Å². The molecule has 2 aliphatic rings. The Morgan fingerprint density at radius 1 is 1.20 bits per heavy atom. The van der Waals surface area contributed by atoms with Crippen LogP contribution >= 0.6 is 0 Å². The molecule has 20 heavy (non-hydrogen) atoms. The summed E-state index contributed by atoms with van der Waals surface area (Å²) >= 11 is 0. The first-order valence-corrected chi connectivity index (χ1v) is 8.08. The molecular weight excluding hydrogens is 250 g/mol. The molecule has 0 unspecified atom stereocenters. The first-order valence-electron chi connectivity index (χ1n) is 8.08.